The van der Waals surface area contributed by atoms with E-state index >= 15 is 0 Å². The smallest absolute Gasteiger partial charge is 0.156 e. The highest BCUT2D eigenvalue weighted by Crippen LogP contribution is 2.31. The molecule has 0 N–H and O–H groups in total. The lowest BCUT2D eigenvalue weighted by molar-refractivity contribution is 0.153. The minimum Gasteiger partial charge on any atom is -0.300 e. The van der Waals surface area contributed by atoms with Crippen molar-refractivity contribution in [2.75, 3.05) is 13.1 Å². The maximum absolute atomic E-state index is 4.80. The lowest BCUT2D eigenvalue weighted by Gasteiger charge is -2.35. The molecule has 5 nitrogen and oxygen atoms in total. The molecular formula is C17H23N5. The fourth-order valence-corrected chi connectivity index (χ4v) is 3.92. The number of hydrogen-bond acceptors (Lipinski definition) is 4. The molecule has 0 bridgehead atoms. The lowest BCUT2D eigenvalue weighted by Crippen LogP contribution is -2.39. The van der Waals surface area contributed by atoms with Crippen LogP contribution in [0.2, 0.25) is 0 Å². The summed E-state index contributed by atoms with van der Waals surface area (Å²) in [6, 6.07) is 0.851. The Morgan fingerprint density at radius 3 is 2.50 bits per heavy atom. The van der Waals surface area contributed by atoms with Gasteiger partial charge >= 0.3 is 0 Å². The molecule has 0 atom stereocenters. The molecule has 1 aliphatic heterocycles. The molecule has 2 fully saturated rings. The molecule has 2 aliphatic rings. The molecule has 5 heteroatoms. The minimum atomic E-state index is 0.550. The second kappa shape index (κ2) is 6.16. The Labute approximate surface area is 131 Å². The van der Waals surface area contributed by atoms with E-state index < -0.39 is 0 Å². The summed E-state index contributed by atoms with van der Waals surface area (Å²) in [5.41, 5.74) is 1.14. The minimum absolute atomic E-state index is 0.550. The third-order valence-corrected chi connectivity index (χ3v) is 5.20. The lowest BCUT2D eigenvalue weighted by atomic mass is 9.92. The number of likely N-dealkylation sites (tertiary alicyclic amines) is 1. The highest BCUT2D eigenvalue weighted by atomic mass is 15.2. The second-order valence-corrected chi connectivity index (χ2v) is 6.52. The van der Waals surface area contributed by atoms with E-state index in [4.69, 9.17) is 4.98 Å². The van der Waals surface area contributed by atoms with Crippen LogP contribution in [0.15, 0.2) is 31.1 Å². The number of hydrogen-bond donors (Lipinski definition) is 0. The van der Waals surface area contributed by atoms with Crippen molar-refractivity contribution in [3.63, 3.8) is 0 Å². The summed E-state index contributed by atoms with van der Waals surface area (Å²) in [4.78, 5) is 16.0. The first kappa shape index (κ1) is 13.9. The molecule has 3 heterocycles. The van der Waals surface area contributed by atoms with Gasteiger partial charge in [-0.3, -0.25) is 9.55 Å². The van der Waals surface area contributed by atoms with Gasteiger partial charge in [-0.05, 0) is 38.8 Å². The Hall–Kier alpha value is -1.75. The number of aromatic nitrogens is 4. The van der Waals surface area contributed by atoms with Gasteiger partial charge < -0.3 is 4.90 Å². The van der Waals surface area contributed by atoms with Gasteiger partial charge in [0, 0.05) is 30.6 Å². The molecule has 0 spiro atoms. The number of rotatable bonds is 3. The first-order valence-corrected chi connectivity index (χ1v) is 8.44. The number of piperidine rings is 1. The zero-order chi connectivity index (χ0) is 14.8. The van der Waals surface area contributed by atoms with Crippen LogP contribution in [0.1, 0.15) is 50.1 Å². The van der Waals surface area contributed by atoms with E-state index in [-0.39, 0.29) is 0 Å². The van der Waals surface area contributed by atoms with Crippen molar-refractivity contribution in [1.82, 2.24) is 24.4 Å². The SMILES string of the molecule is c1cn(-c2cncc(C3CCN(C4CCCC4)CC3)n2)cn1. The molecule has 1 saturated heterocycles. The molecule has 0 unspecified atom stereocenters. The van der Waals surface area contributed by atoms with E-state index in [0.717, 1.165) is 17.6 Å². The summed E-state index contributed by atoms with van der Waals surface area (Å²) < 4.78 is 1.92. The zero-order valence-electron chi connectivity index (χ0n) is 12.9. The highest BCUT2D eigenvalue weighted by Gasteiger charge is 2.28. The van der Waals surface area contributed by atoms with Gasteiger partial charge in [-0.1, -0.05) is 12.8 Å². The molecule has 0 amide bonds. The molecule has 1 aliphatic carbocycles. The third-order valence-electron chi connectivity index (χ3n) is 5.20. The topological polar surface area (TPSA) is 46.8 Å². The summed E-state index contributed by atoms with van der Waals surface area (Å²) in [6.45, 7) is 2.43. The third kappa shape index (κ3) is 2.77. The van der Waals surface area contributed by atoms with Crippen molar-refractivity contribution in [3.05, 3.63) is 36.8 Å². The molecule has 0 radical (unpaired) electrons. The average Bonchev–Trinajstić information content (AvgIpc) is 3.29. The molecule has 22 heavy (non-hydrogen) atoms. The molecular weight excluding hydrogens is 274 g/mol. The Morgan fingerprint density at radius 2 is 1.77 bits per heavy atom. The Morgan fingerprint density at radius 1 is 0.955 bits per heavy atom. The first-order chi connectivity index (χ1) is 10.9. The zero-order valence-corrected chi connectivity index (χ0v) is 12.9. The van der Waals surface area contributed by atoms with Gasteiger partial charge in [0.25, 0.3) is 0 Å². The van der Waals surface area contributed by atoms with Crippen molar-refractivity contribution in [1.29, 1.82) is 0 Å². The Bertz CT molecular complexity index is 595. The van der Waals surface area contributed by atoms with Crippen molar-refractivity contribution in [3.8, 4) is 5.82 Å². The molecule has 2 aromatic rings. The molecule has 0 aromatic carbocycles. The van der Waals surface area contributed by atoms with E-state index in [0.29, 0.717) is 5.92 Å². The largest absolute Gasteiger partial charge is 0.300 e. The molecule has 4 rings (SSSR count). The fraction of sp³-hybridized carbons (Fsp3) is 0.588. The quantitative estimate of drug-likeness (QED) is 0.874. The monoisotopic (exact) mass is 297 g/mol. The normalized spacial score (nSPS) is 21.5. The van der Waals surface area contributed by atoms with E-state index in [1.807, 2.05) is 17.0 Å². The van der Waals surface area contributed by atoms with E-state index in [9.17, 15) is 0 Å². The van der Waals surface area contributed by atoms with Crippen molar-refractivity contribution < 1.29 is 0 Å². The van der Waals surface area contributed by atoms with Gasteiger partial charge in [-0.2, -0.15) is 0 Å². The van der Waals surface area contributed by atoms with Crippen LogP contribution in [-0.2, 0) is 0 Å². The van der Waals surface area contributed by atoms with E-state index in [2.05, 4.69) is 14.9 Å². The van der Waals surface area contributed by atoms with Crippen molar-refractivity contribution >= 4 is 0 Å². The number of nitrogens with zero attached hydrogens (tertiary/aromatic N) is 5. The van der Waals surface area contributed by atoms with Crippen LogP contribution in [0.3, 0.4) is 0 Å². The van der Waals surface area contributed by atoms with Crippen LogP contribution in [0.4, 0.5) is 0 Å². The van der Waals surface area contributed by atoms with Gasteiger partial charge in [-0.15, -0.1) is 0 Å². The molecule has 1 saturated carbocycles. The van der Waals surface area contributed by atoms with Gasteiger partial charge in [0.15, 0.2) is 5.82 Å². The first-order valence-electron chi connectivity index (χ1n) is 8.44. The Balaban J connectivity index is 1.44. The predicted octanol–water partition coefficient (Wildman–Crippen LogP) is 2.78. The van der Waals surface area contributed by atoms with E-state index in [1.165, 1.54) is 51.6 Å². The second-order valence-electron chi connectivity index (χ2n) is 6.52. The van der Waals surface area contributed by atoms with Gasteiger partial charge in [0.1, 0.15) is 6.33 Å². The maximum Gasteiger partial charge on any atom is 0.156 e. The van der Waals surface area contributed by atoms with Crippen LogP contribution < -0.4 is 0 Å². The van der Waals surface area contributed by atoms with Gasteiger partial charge in [0.2, 0.25) is 0 Å². The van der Waals surface area contributed by atoms with Crippen LogP contribution in [0.25, 0.3) is 5.82 Å². The molecule has 116 valence electrons. The van der Waals surface area contributed by atoms with E-state index in [1.54, 1.807) is 18.7 Å². The van der Waals surface area contributed by atoms with Crippen LogP contribution in [0, 0.1) is 0 Å². The fourth-order valence-electron chi connectivity index (χ4n) is 3.92. The van der Waals surface area contributed by atoms with Crippen molar-refractivity contribution in [2.45, 2.75) is 50.5 Å². The average molecular weight is 297 g/mol. The van der Waals surface area contributed by atoms with Gasteiger partial charge in [0.05, 0.1) is 11.9 Å². The number of imidazole rings is 1. The standard InChI is InChI=1S/C17H23N5/c1-2-4-15(3-1)21-8-5-14(6-9-21)16-11-19-12-17(20-16)22-10-7-18-13-22/h7,10-15H,1-6,8-9H2. The Kier molecular flexibility index (Phi) is 3.89. The highest BCUT2D eigenvalue weighted by molar-refractivity contribution is 5.21. The summed E-state index contributed by atoms with van der Waals surface area (Å²) in [7, 11) is 0. The molecule has 2 aromatic heterocycles. The predicted molar refractivity (Wildman–Crippen MR) is 85.0 cm³/mol. The summed E-state index contributed by atoms with van der Waals surface area (Å²) in [6.07, 6.45) is 17.3. The van der Waals surface area contributed by atoms with Crippen LogP contribution in [-0.4, -0.2) is 43.6 Å². The van der Waals surface area contributed by atoms with Crippen LogP contribution in [0.5, 0.6) is 0 Å². The summed E-state index contributed by atoms with van der Waals surface area (Å²) in [5.74, 6) is 1.42. The van der Waals surface area contributed by atoms with Gasteiger partial charge in [-0.25, -0.2) is 9.97 Å². The van der Waals surface area contributed by atoms with Crippen LogP contribution >= 0.6 is 0 Å². The maximum atomic E-state index is 4.80. The van der Waals surface area contributed by atoms with Crippen molar-refractivity contribution in [2.24, 2.45) is 0 Å². The summed E-state index contributed by atoms with van der Waals surface area (Å²) >= 11 is 0. The summed E-state index contributed by atoms with van der Waals surface area (Å²) in [5, 5.41) is 0.